The van der Waals surface area contributed by atoms with Gasteiger partial charge in [0.2, 0.25) is 0 Å². The van der Waals surface area contributed by atoms with Gasteiger partial charge in [-0.05, 0) is 0 Å². The monoisotopic (exact) mass is 512 g/mol. The molecule has 0 bridgehead atoms. The predicted molar refractivity (Wildman–Crippen MR) is 126 cm³/mol. The summed E-state index contributed by atoms with van der Waals surface area (Å²) in [5.41, 5.74) is 3.23. The predicted octanol–water partition coefficient (Wildman–Crippen LogP) is 7.26. The summed E-state index contributed by atoms with van der Waals surface area (Å²) in [5, 5.41) is 19.6. The minimum atomic E-state index is -4.59. The summed E-state index contributed by atoms with van der Waals surface area (Å²) in [6.45, 7) is 8.55. The van der Waals surface area contributed by atoms with Crippen LogP contribution in [-0.4, -0.2) is 0 Å². The van der Waals surface area contributed by atoms with Gasteiger partial charge in [-0.1, -0.05) is 0 Å². The Morgan fingerprint density at radius 1 is 0.697 bits per heavy atom. The maximum absolute atomic E-state index is 9.81. The van der Waals surface area contributed by atoms with Crippen molar-refractivity contribution in [3.63, 3.8) is 0 Å². The third-order valence-corrected chi connectivity index (χ3v) is 19.1. The van der Waals surface area contributed by atoms with Crippen LogP contribution in [0.1, 0.15) is 38.8 Å². The first-order chi connectivity index (χ1) is 15.8. The molecule has 2 aromatic carbocycles. The summed E-state index contributed by atoms with van der Waals surface area (Å²) in [6.07, 6.45) is 12.7. The molecule has 0 amide bonds. The molecule has 2 atom stereocenters. The van der Waals surface area contributed by atoms with Crippen molar-refractivity contribution in [1.29, 1.82) is 10.5 Å². The van der Waals surface area contributed by atoms with Crippen LogP contribution in [0.15, 0.2) is 96.1 Å². The van der Waals surface area contributed by atoms with Crippen molar-refractivity contribution in [1.82, 2.24) is 0 Å². The van der Waals surface area contributed by atoms with Gasteiger partial charge in [0, 0.05) is 0 Å². The van der Waals surface area contributed by atoms with Crippen LogP contribution in [0.25, 0.3) is 0 Å². The van der Waals surface area contributed by atoms with Gasteiger partial charge in [-0.25, -0.2) is 0 Å². The number of hydrogen-bond donors (Lipinski definition) is 0. The first kappa shape index (κ1) is 23.0. The molecule has 5 heteroatoms. The summed E-state index contributed by atoms with van der Waals surface area (Å²) < 4.78 is 13.2. The second-order valence-electron chi connectivity index (χ2n) is 8.86. The fourth-order valence-electron chi connectivity index (χ4n) is 4.71. The Bertz CT molecular complexity index is 1210. The van der Waals surface area contributed by atoms with E-state index >= 15 is 0 Å². The van der Waals surface area contributed by atoms with Gasteiger partial charge in [0.1, 0.15) is 0 Å². The van der Waals surface area contributed by atoms with Crippen LogP contribution in [0, 0.1) is 22.7 Å². The molecule has 0 saturated carbocycles. The van der Waals surface area contributed by atoms with Crippen LogP contribution in [0.2, 0.25) is 6.25 Å². The molecule has 2 aliphatic carbocycles. The third-order valence-electron chi connectivity index (χ3n) is 7.08. The second-order valence-corrected chi connectivity index (χ2v) is 18.0. The first-order valence-electron chi connectivity index (χ1n) is 10.9. The van der Waals surface area contributed by atoms with Crippen LogP contribution in [0.3, 0.4) is 0 Å². The zero-order valence-corrected chi connectivity index (χ0v) is 21.8. The van der Waals surface area contributed by atoms with E-state index < -0.39 is 27.4 Å². The van der Waals surface area contributed by atoms with E-state index in [1.54, 1.807) is 12.1 Å². The van der Waals surface area contributed by atoms with Crippen molar-refractivity contribution in [2.24, 2.45) is 0 Å². The van der Waals surface area contributed by atoms with Crippen molar-refractivity contribution in [2.75, 3.05) is 0 Å². The van der Waals surface area contributed by atoms with Gasteiger partial charge in [0.15, 0.2) is 0 Å². The van der Waals surface area contributed by atoms with Gasteiger partial charge in [-0.3, -0.25) is 0 Å². The van der Waals surface area contributed by atoms with Gasteiger partial charge in [0.05, 0.1) is 0 Å². The molecular weight excluding hydrogens is 488 g/mol. The van der Waals surface area contributed by atoms with Gasteiger partial charge in [0.25, 0.3) is 0 Å². The molecule has 33 heavy (non-hydrogen) atoms. The van der Waals surface area contributed by atoms with E-state index in [2.05, 4.69) is 76.3 Å². The molecule has 0 aliphatic heterocycles. The van der Waals surface area contributed by atoms with E-state index in [1.165, 1.54) is 0 Å². The topological polar surface area (TPSA) is 66.0 Å². The number of hydrogen-bond acceptors (Lipinski definition) is 4. The fourth-order valence-corrected chi connectivity index (χ4v) is 16.5. The SMILES string of the molecule is CC1=CC=C[C]1(C)[Zr]([O]c1ccccc1C#N)([O]c1ccccc1C#N)[C]1(C)C=CC=C1C. The Kier molecular flexibility index (Phi) is 6.05. The molecule has 2 unspecified atom stereocenters. The number of para-hydroxylation sites is 2. The summed E-state index contributed by atoms with van der Waals surface area (Å²) in [7, 11) is 0. The molecule has 0 spiro atoms. The molecule has 0 N–H and O–H groups in total. The van der Waals surface area contributed by atoms with Crippen molar-refractivity contribution in [3.8, 4) is 23.6 Å². The van der Waals surface area contributed by atoms with Crippen LogP contribution in [0.4, 0.5) is 0 Å². The van der Waals surface area contributed by atoms with Gasteiger partial charge >= 0.3 is 202 Å². The van der Waals surface area contributed by atoms with E-state index in [0.29, 0.717) is 22.6 Å². The average Bonchev–Trinajstić information content (AvgIpc) is 3.36. The molecule has 0 aromatic heterocycles. The third kappa shape index (κ3) is 3.53. The quantitative estimate of drug-likeness (QED) is 0.408. The Morgan fingerprint density at radius 3 is 1.42 bits per heavy atom. The number of benzene rings is 2. The summed E-state index contributed by atoms with van der Waals surface area (Å²) in [6, 6.07) is 19.2. The molecule has 164 valence electrons. The number of allylic oxidation sites excluding steroid dienone is 8. The summed E-state index contributed by atoms with van der Waals surface area (Å²) in [4.78, 5) is 0. The Morgan fingerprint density at radius 2 is 1.09 bits per heavy atom. The Balaban J connectivity index is 2.05. The normalized spacial score (nSPS) is 23.5. The molecule has 4 rings (SSSR count). The van der Waals surface area contributed by atoms with E-state index in [0.717, 1.165) is 11.1 Å². The van der Waals surface area contributed by atoms with E-state index in [9.17, 15) is 10.5 Å². The van der Waals surface area contributed by atoms with Crippen LogP contribution < -0.4 is 5.63 Å². The van der Waals surface area contributed by atoms with Gasteiger partial charge in [-0.2, -0.15) is 0 Å². The Labute approximate surface area is 201 Å². The van der Waals surface area contributed by atoms with Crippen molar-refractivity contribution in [2.45, 2.75) is 33.9 Å². The summed E-state index contributed by atoms with van der Waals surface area (Å²) in [5.74, 6) is 1.04. The molecule has 4 nitrogen and oxygen atoms in total. The average molecular weight is 514 g/mol. The number of nitriles is 2. The van der Waals surface area contributed by atoms with Crippen molar-refractivity contribution in [3.05, 3.63) is 107 Å². The van der Waals surface area contributed by atoms with Gasteiger partial charge < -0.3 is 0 Å². The van der Waals surface area contributed by atoms with Crippen molar-refractivity contribution < 1.29 is 26.8 Å². The summed E-state index contributed by atoms with van der Waals surface area (Å²) >= 11 is -4.59. The standard InChI is InChI=1S/2C7H5NO.2C7H9.Zr/c2*8-5-6-3-1-2-4-7(6)9;2*1-6-4-3-5-7(6)2;/h2*1-4,9H;2*3-5H,1-2H3;/q;;;;+2/p-2. The first-order valence-corrected chi connectivity index (χ1v) is 15.4. The zero-order chi connectivity index (χ0) is 23.7. The van der Waals surface area contributed by atoms with Crippen molar-refractivity contribution >= 4 is 0 Å². The van der Waals surface area contributed by atoms with Crippen LogP contribution >= 0.6 is 0 Å². The maximum atomic E-state index is 9.81. The molecule has 0 heterocycles. The molecule has 2 aliphatic rings. The molecule has 0 saturated heterocycles. The fraction of sp³-hybridized carbons (Fsp3) is 0.214. The zero-order valence-electron chi connectivity index (χ0n) is 19.3. The minimum absolute atomic E-state index is 0.468. The van der Waals surface area contributed by atoms with E-state index in [-0.39, 0.29) is 0 Å². The molecule has 2 aromatic rings. The molecule has 0 radical (unpaired) electrons. The van der Waals surface area contributed by atoms with Crippen LogP contribution in [0.5, 0.6) is 11.5 Å². The molecule has 0 fully saturated rings. The molecular formula is C28H26N2O2Zr. The Hall–Kier alpha value is -3.14. The van der Waals surface area contributed by atoms with Gasteiger partial charge in [-0.15, -0.1) is 0 Å². The van der Waals surface area contributed by atoms with Crippen LogP contribution in [-0.2, 0) is 21.1 Å². The van der Waals surface area contributed by atoms with E-state index in [4.69, 9.17) is 5.63 Å². The van der Waals surface area contributed by atoms with E-state index in [1.807, 2.05) is 36.4 Å². The number of nitrogens with zero attached hydrogens (tertiary/aromatic N) is 2. The second kappa shape index (κ2) is 8.66. The number of rotatable bonds is 6.